The number of benzene rings is 2. The number of methoxy groups -OCH3 is 1. The number of nitrogens with two attached hydrogens (primary N) is 1. The minimum atomic E-state index is -0.722. The van der Waals surface area contributed by atoms with Gasteiger partial charge >= 0.3 is 5.97 Å². The number of ether oxygens (including phenoxy) is 3. The summed E-state index contributed by atoms with van der Waals surface area (Å²) >= 11 is 19.2. The second kappa shape index (κ2) is 10.3. The Labute approximate surface area is 223 Å². The lowest BCUT2D eigenvalue weighted by atomic mass is 9.77. The topological polar surface area (TPSA) is 87.9 Å². The Balaban J connectivity index is 1.72. The van der Waals surface area contributed by atoms with E-state index in [0.29, 0.717) is 60.9 Å². The first-order chi connectivity index (χ1) is 16.2. The minimum absolute atomic E-state index is 0.0579. The van der Waals surface area contributed by atoms with E-state index in [0.717, 1.165) is 5.56 Å². The largest absolute Gasteiger partial charge is 0.487 e. The van der Waals surface area contributed by atoms with Crippen molar-refractivity contribution in [3.05, 3.63) is 83.2 Å². The van der Waals surface area contributed by atoms with Crippen LogP contribution in [-0.4, -0.2) is 18.9 Å². The lowest BCUT2D eigenvalue weighted by molar-refractivity contribution is -0.136. The standard InChI is InChI=1S/C24H19Br2Cl2NO5/c1-32-24(31)21-19(20-17(30)3-2-4-18(20)34-23(21)29)12-8-13(25)22(14(26)9-12)33-10-11-5-6-15(27)16(28)7-11/h5-9,19H,2-4,10,29H2,1H3/t19-/m1/s1. The van der Waals surface area contributed by atoms with Crippen LogP contribution in [0.2, 0.25) is 10.0 Å². The lowest BCUT2D eigenvalue weighted by Crippen LogP contribution is -2.31. The van der Waals surface area contributed by atoms with E-state index in [-0.39, 0.29) is 23.8 Å². The van der Waals surface area contributed by atoms with Crippen molar-refractivity contribution in [1.82, 2.24) is 0 Å². The molecule has 1 aliphatic carbocycles. The first-order valence-corrected chi connectivity index (χ1v) is 12.6. The normalized spacial score (nSPS) is 17.9. The van der Waals surface area contributed by atoms with Gasteiger partial charge in [-0.1, -0.05) is 29.3 Å². The fourth-order valence-corrected chi connectivity index (χ4v) is 5.84. The molecule has 1 heterocycles. The monoisotopic (exact) mass is 629 g/mol. The van der Waals surface area contributed by atoms with Crippen LogP contribution in [0.4, 0.5) is 0 Å². The van der Waals surface area contributed by atoms with E-state index in [1.165, 1.54) is 7.11 Å². The van der Waals surface area contributed by atoms with Crippen LogP contribution in [0.15, 0.2) is 62.1 Å². The number of ketones is 1. The molecule has 2 aliphatic rings. The van der Waals surface area contributed by atoms with Gasteiger partial charge in [-0.2, -0.15) is 0 Å². The molecule has 0 saturated heterocycles. The molecule has 34 heavy (non-hydrogen) atoms. The molecule has 0 bridgehead atoms. The molecule has 4 rings (SSSR count). The van der Waals surface area contributed by atoms with E-state index in [1.54, 1.807) is 24.3 Å². The Morgan fingerprint density at radius 2 is 1.85 bits per heavy atom. The van der Waals surface area contributed by atoms with Crippen molar-refractivity contribution in [2.45, 2.75) is 31.8 Å². The number of carbonyl (C=O) groups is 2. The van der Waals surface area contributed by atoms with Crippen LogP contribution in [-0.2, 0) is 25.7 Å². The highest BCUT2D eigenvalue weighted by molar-refractivity contribution is 9.11. The Kier molecular flexibility index (Phi) is 7.62. The zero-order chi connectivity index (χ0) is 24.6. The highest BCUT2D eigenvalue weighted by Gasteiger charge is 2.41. The molecule has 0 radical (unpaired) electrons. The fraction of sp³-hybridized carbons (Fsp3) is 0.250. The van der Waals surface area contributed by atoms with Crippen LogP contribution in [0.1, 0.15) is 36.3 Å². The van der Waals surface area contributed by atoms with Gasteiger partial charge in [-0.05, 0) is 73.7 Å². The summed E-state index contributed by atoms with van der Waals surface area (Å²) in [7, 11) is 1.26. The van der Waals surface area contributed by atoms with E-state index < -0.39 is 11.9 Å². The molecule has 0 saturated carbocycles. The van der Waals surface area contributed by atoms with Crippen molar-refractivity contribution in [2.24, 2.45) is 5.73 Å². The number of hydrogen-bond donors (Lipinski definition) is 1. The smallest absolute Gasteiger partial charge is 0.340 e. The number of hydrogen-bond acceptors (Lipinski definition) is 6. The molecule has 178 valence electrons. The zero-order valence-corrected chi connectivity index (χ0v) is 22.6. The van der Waals surface area contributed by atoms with Gasteiger partial charge in [0.25, 0.3) is 0 Å². The molecular formula is C24H19Br2Cl2NO5. The molecule has 6 nitrogen and oxygen atoms in total. The molecule has 0 unspecified atom stereocenters. The summed E-state index contributed by atoms with van der Waals surface area (Å²) in [5.41, 5.74) is 8.15. The zero-order valence-electron chi connectivity index (χ0n) is 17.9. The third-order valence-electron chi connectivity index (χ3n) is 5.61. The SMILES string of the molecule is COC(=O)C1=C(N)OC2=C(C(=O)CCC2)[C@H]1c1cc(Br)c(OCc2ccc(Cl)c(Cl)c2)c(Br)c1. The second-order valence-corrected chi connectivity index (χ2v) is 10.3. The van der Waals surface area contributed by atoms with Gasteiger partial charge in [0, 0.05) is 18.4 Å². The Morgan fingerprint density at radius 3 is 2.50 bits per heavy atom. The third-order valence-corrected chi connectivity index (χ3v) is 7.53. The average Bonchev–Trinajstić information content (AvgIpc) is 2.79. The highest BCUT2D eigenvalue weighted by Crippen LogP contribution is 2.47. The molecule has 0 amide bonds. The number of rotatable bonds is 5. The predicted octanol–water partition coefficient (Wildman–Crippen LogP) is 6.56. The lowest BCUT2D eigenvalue weighted by Gasteiger charge is -2.32. The van der Waals surface area contributed by atoms with Gasteiger partial charge in [0.05, 0.1) is 32.0 Å². The van der Waals surface area contributed by atoms with Crippen LogP contribution in [0.5, 0.6) is 5.75 Å². The average molecular weight is 632 g/mol. The van der Waals surface area contributed by atoms with Crippen LogP contribution in [0.25, 0.3) is 0 Å². The van der Waals surface area contributed by atoms with Crippen LogP contribution in [0, 0.1) is 0 Å². The number of halogens is 4. The number of carbonyl (C=O) groups excluding carboxylic acids is 2. The maximum atomic E-state index is 12.9. The van der Waals surface area contributed by atoms with Crippen LogP contribution < -0.4 is 10.5 Å². The molecule has 0 fully saturated rings. The first-order valence-electron chi connectivity index (χ1n) is 10.3. The molecule has 0 aromatic heterocycles. The number of allylic oxidation sites excluding steroid dienone is 2. The maximum absolute atomic E-state index is 12.9. The van der Waals surface area contributed by atoms with E-state index in [1.807, 2.05) is 6.07 Å². The van der Waals surface area contributed by atoms with Crippen molar-refractivity contribution in [3.8, 4) is 5.75 Å². The Bertz CT molecular complexity index is 1230. The van der Waals surface area contributed by atoms with Gasteiger partial charge in [-0.25, -0.2) is 4.79 Å². The van der Waals surface area contributed by atoms with Crippen molar-refractivity contribution in [2.75, 3.05) is 7.11 Å². The van der Waals surface area contributed by atoms with Gasteiger partial charge < -0.3 is 19.9 Å². The molecule has 0 spiro atoms. The molecular weight excluding hydrogens is 613 g/mol. The van der Waals surface area contributed by atoms with Crippen LogP contribution >= 0.6 is 55.1 Å². The van der Waals surface area contributed by atoms with Crippen molar-refractivity contribution < 1.29 is 23.8 Å². The second-order valence-electron chi connectivity index (χ2n) is 7.77. The summed E-state index contributed by atoms with van der Waals surface area (Å²) in [6, 6.07) is 8.87. The Morgan fingerprint density at radius 1 is 1.15 bits per heavy atom. The quantitative estimate of drug-likeness (QED) is 0.376. The van der Waals surface area contributed by atoms with E-state index in [2.05, 4.69) is 31.9 Å². The highest BCUT2D eigenvalue weighted by atomic mass is 79.9. The number of Topliss-reactive ketones (excluding diaryl/α,β-unsaturated/α-hetero) is 1. The summed E-state index contributed by atoms with van der Waals surface area (Å²) in [6.45, 7) is 0.249. The van der Waals surface area contributed by atoms with Gasteiger partial charge in [-0.3, -0.25) is 4.79 Å². The van der Waals surface area contributed by atoms with Gasteiger partial charge in [0.2, 0.25) is 5.88 Å². The van der Waals surface area contributed by atoms with Crippen molar-refractivity contribution in [3.63, 3.8) is 0 Å². The summed E-state index contributed by atoms with van der Waals surface area (Å²) < 4.78 is 17.9. The van der Waals surface area contributed by atoms with Crippen LogP contribution in [0.3, 0.4) is 0 Å². The Hall–Kier alpha value is -2.00. The predicted molar refractivity (Wildman–Crippen MR) is 136 cm³/mol. The van der Waals surface area contributed by atoms with Gasteiger partial charge in [-0.15, -0.1) is 0 Å². The number of esters is 1. The summed E-state index contributed by atoms with van der Waals surface area (Å²) in [5.74, 6) is -0.466. The third kappa shape index (κ3) is 4.87. The van der Waals surface area contributed by atoms with Crippen molar-refractivity contribution in [1.29, 1.82) is 0 Å². The summed E-state index contributed by atoms with van der Waals surface area (Å²) in [4.78, 5) is 25.5. The van der Waals surface area contributed by atoms with E-state index in [9.17, 15) is 9.59 Å². The molecule has 2 aromatic rings. The molecule has 1 aliphatic heterocycles. The van der Waals surface area contributed by atoms with Crippen molar-refractivity contribution >= 4 is 66.8 Å². The molecule has 2 N–H and O–H groups in total. The van der Waals surface area contributed by atoms with Gasteiger partial charge in [0.15, 0.2) is 5.78 Å². The maximum Gasteiger partial charge on any atom is 0.340 e. The van der Waals surface area contributed by atoms with E-state index >= 15 is 0 Å². The molecule has 2 aromatic carbocycles. The summed E-state index contributed by atoms with van der Waals surface area (Å²) in [5, 5.41) is 0.907. The fourth-order valence-electron chi connectivity index (χ4n) is 4.07. The minimum Gasteiger partial charge on any atom is -0.487 e. The van der Waals surface area contributed by atoms with Gasteiger partial charge in [0.1, 0.15) is 23.7 Å². The van der Waals surface area contributed by atoms with E-state index in [4.69, 9.17) is 43.1 Å². The molecule has 10 heteroatoms. The summed E-state index contributed by atoms with van der Waals surface area (Å²) in [6.07, 6.45) is 1.61. The first kappa shape index (κ1) is 25.1. The molecule has 1 atom stereocenters.